The number of imide groups is 1. The number of amides is 3. The van der Waals surface area contributed by atoms with Crippen molar-refractivity contribution in [2.24, 2.45) is 0 Å². The second kappa shape index (κ2) is 8.68. The highest BCUT2D eigenvalue weighted by Crippen LogP contribution is 2.39. The van der Waals surface area contributed by atoms with Gasteiger partial charge in [0.2, 0.25) is 0 Å². The molecule has 0 N–H and O–H groups in total. The second-order valence-corrected chi connectivity index (χ2v) is 10.5. The minimum Gasteiger partial charge on any atom is -0.288 e. The van der Waals surface area contributed by atoms with E-state index in [4.69, 9.17) is 11.6 Å². The Morgan fingerprint density at radius 3 is 2.24 bits per heavy atom. The first-order valence-electron chi connectivity index (χ1n) is 9.76. The molecule has 0 spiro atoms. The van der Waals surface area contributed by atoms with Crippen molar-refractivity contribution in [3.05, 3.63) is 96.7 Å². The van der Waals surface area contributed by atoms with Crippen molar-refractivity contribution in [3.63, 3.8) is 0 Å². The van der Waals surface area contributed by atoms with E-state index in [1.54, 1.807) is 42.5 Å². The van der Waals surface area contributed by atoms with Crippen molar-refractivity contribution >= 4 is 88.3 Å². The van der Waals surface area contributed by atoms with Gasteiger partial charge >= 0.3 is 0 Å². The summed E-state index contributed by atoms with van der Waals surface area (Å²) in [4.78, 5) is 42.6. The highest BCUT2D eigenvalue weighted by molar-refractivity contribution is 9.10. The van der Waals surface area contributed by atoms with Crippen LogP contribution in [0.1, 0.15) is 30.4 Å². The number of fused-ring (bicyclic) bond motifs is 2. The van der Waals surface area contributed by atoms with Crippen LogP contribution in [0.15, 0.2) is 75.7 Å². The van der Waals surface area contributed by atoms with Crippen LogP contribution in [0.4, 0.5) is 5.69 Å². The summed E-state index contributed by atoms with van der Waals surface area (Å²) >= 11 is 14.8. The third-order valence-electron chi connectivity index (χ3n) is 5.34. The van der Waals surface area contributed by atoms with Crippen LogP contribution in [0.2, 0.25) is 5.02 Å². The SMILES string of the molecule is O=C1c2ccccc2C(=O)N1CN(C(=O)c1sc2cc(Br)ccc2c1Cl)c1ccccc1Br. The van der Waals surface area contributed by atoms with E-state index in [0.717, 1.165) is 19.5 Å². The molecule has 33 heavy (non-hydrogen) atoms. The Hall–Kier alpha value is -2.52. The van der Waals surface area contributed by atoms with Crippen LogP contribution < -0.4 is 4.90 Å². The second-order valence-electron chi connectivity index (χ2n) is 7.30. The van der Waals surface area contributed by atoms with Gasteiger partial charge in [0.05, 0.1) is 21.8 Å². The van der Waals surface area contributed by atoms with Crippen molar-refractivity contribution in [2.45, 2.75) is 0 Å². The molecule has 1 aliphatic heterocycles. The van der Waals surface area contributed by atoms with E-state index in [2.05, 4.69) is 31.9 Å². The third-order valence-corrected chi connectivity index (χ3v) is 8.14. The highest BCUT2D eigenvalue weighted by atomic mass is 79.9. The van der Waals surface area contributed by atoms with Crippen molar-refractivity contribution in [2.75, 3.05) is 11.6 Å². The van der Waals surface area contributed by atoms with Gasteiger partial charge < -0.3 is 0 Å². The molecule has 0 unspecified atom stereocenters. The summed E-state index contributed by atoms with van der Waals surface area (Å²) in [6.07, 6.45) is 0. The molecule has 0 fully saturated rings. The van der Waals surface area contributed by atoms with Gasteiger partial charge in [-0.2, -0.15) is 0 Å². The molecule has 0 saturated heterocycles. The van der Waals surface area contributed by atoms with Crippen LogP contribution in [0.25, 0.3) is 10.1 Å². The number of hydrogen-bond donors (Lipinski definition) is 0. The quantitative estimate of drug-likeness (QED) is 0.236. The first-order valence-corrected chi connectivity index (χ1v) is 12.5. The van der Waals surface area contributed by atoms with Crippen LogP contribution in [0.3, 0.4) is 0 Å². The zero-order valence-electron chi connectivity index (χ0n) is 16.7. The van der Waals surface area contributed by atoms with Crippen LogP contribution in [0, 0.1) is 0 Å². The fourth-order valence-electron chi connectivity index (χ4n) is 3.73. The average molecular weight is 605 g/mol. The minimum absolute atomic E-state index is 0.248. The predicted molar refractivity (Wildman–Crippen MR) is 137 cm³/mol. The molecule has 5 rings (SSSR count). The van der Waals surface area contributed by atoms with Crippen LogP contribution >= 0.6 is 54.8 Å². The number of rotatable bonds is 4. The Morgan fingerprint density at radius 1 is 0.939 bits per heavy atom. The summed E-state index contributed by atoms with van der Waals surface area (Å²) in [7, 11) is 0. The standard InChI is InChI=1S/C24H13Br2ClN2O3S/c25-13-9-10-16-19(11-13)33-21(20(16)27)24(32)28(18-8-4-3-7-17(18)26)12-29-22(30)14-5-1-2-6-15(14)23(29)31/h1-11H,12H2. The molecule has 1 aromatic heterocycles. The summed E-state index contributed by atoms with van der Waals surface area (Å²) in [6, 6.07) is 19.4. The number of thiophene rings is 1. The number of benzene rings is 3. The van der Waals surface area contributed by atoms with Crippen molar-refractivity contribution in [1.82, 2.24) is 4.90 Å². The number of anilines is 1. The fraction of sp³-hybridized carbons (Fsp3) is 0.0417. The number of halogens is 3. The van der Waals surface area contributed by atoms with Crippen molar-refractivity contribution in [3.8, 4) is 0 Å². The predicted octanol–water partition coefficient (Wildman–Crippen LogP) is 6.98. The maximum absolute atomic E-state index is 13.8. The maximum Gasteiger partial charge on any atom is 0.271 e. The van der Waals surface area contributed by atoms with Gasteiger partial charge in [0, 0.05) is 19.0 Å². The number of carbonyl (C=O) groups excluding carboxylic acids is 3. The van der Waals surface area contributed by atoms with Gasteiger partial charge in [0.1, 0.15) is 11.5 Å². The van der Waals surface area contributed by atoms with Gasteiger partial charge in [-0.15, -0.1) is 11.3 Å². The molecule has 0 atom stereocenters. The van der Waals surface area contributed by atoms with Crippen LogP contribution in [0.5, 0.6) is 0 Å². The molecule has 0 saturated carbocycles. The maximum atomic E-state index is 13.8. The molecule has 164 valence electrons. The number of para-hydroxylation sites is 1. The minimum atomic E-state index is -0.438. The van der Waals surface area contributed by atoms with E-state index in [-0.39, 0.29) is 6.67 Å². The molecule has 5 nitrogen and oxygen atoms in total. The molecule has 3 aromatic carbocycles. The Bertz CT molecular complexity index is 1430. The monoisotopic (exact) mass is 602 g/mol. The summed E-state index contributed by atoms with van der Waals surface area (Å²) in [5.74, 6) is -1.28. The summed E-state index contributed by atoms with van der Waals surface area (Å²) in [6.45, 7) is -0.248. The van der Waals surface area contributed by atoms with E-state index >= 15 is 0 Å². The van der Waals surface area contributed by atoms with Crippen molar-refractivity contribution in [1.29, 1.82) is 0 Å². The van der Waals surface area contributed by atoms with Gasteiger partial charge in [-0.05, 0) is 52.3 Å². The molecule has 9 heteroatoms. The fourth-order valence-corrected chi connectivity index (χ4v) is 6.24. The first kappa shape index (κ1) is 22.3. The largest absolute Gasteiger partial charge is 0.288 e. The Kier molecular flexibility index (Phi) is 5.86. The third kappa shape index (κ3) is 3.81. The Balaban J connectivity index is 1.59. The van der Waals surface area contributed by atoms with Gasteiger partial charge in [-0.25, -0.2) is 0 Å². The summed E-state index contributed by atoms with van der Waals surface area (Å²) in [5, 5.41) is 1.10. The molecule has 0 aliphatic carbocycles. The molecule has 1 aliphatic rings. The highest BCUT2D eigenvalue weighted by Gasteiger charge is 2.38. The molecule has 0 bridgehead atoms. The molecule has 3 amide bonds. The first-order chi connectivity index (χ1) is 15.9. The molecule has 2 heterocycles. The van der Waals surface area contributed by atoms with Gasteiger partial charge in [-0.1, -0.05) is 57.9 Å². The normalized spacial score (nSPS) is 13.0. The van der Waals surface area contributed by atoms with E-state index in [0.29, 0.717) is 31.2 Å². The average Bonchev–Trinajstić information content (AvgIpc) is 3.26. The Labute approximate surface area is 214 Å². The van der Waals surface area contributed by atoms with Crippen LogP contribution in [-0.4, -0.2) is 29.3 Å². The number of carbonyl (C=O) groups is 3. The van der Waals surface area contributed by atoms with Gasteiger partial charge in [-0.3, -0.25) is 24.2 Å². The molecular formula is C24H13Br2ClN2O3S. The molecule has 4 aromatic rings. The molecular weight excluding hydrogens is 592 g/mol. The lowest BCUT2D eigenvalue weighted by Gasteiger charge is -2.27. The van der Waals surface area contributed by atoms with Gasteiger partial charge in [0.25, 0.3) is 17.7 Å². The lowest BCUT2D eigenvalue weighted by atomic mass is 10.1. The topological polar surface area (TPSA) is 57.7 Å². The lowest BCUT2D eigenvalue weighted by Crippen LogP contribution is -2.44. The van der Waals surface area contributed by atoms with Crippen molar-refractivity contribution < 1.29 is 14.4 Å². The Morgan fingerprint density at radius 2 is 1.58 bits per heavy atom. The summed E-state index contributed by atoms with van der Waals surface area (Å²) < 4.78 is 2.38. The van der Waals surface area contributed by atoms with E-state index in [9.17, 15) is 14.4 Å². The number of hydrogen-bond acceptors (Lipinski definition) is 4. The lowest BCUT2D eigenvalue weighted by molar-refractivity contribution is 0.0650. The zero-order valence-corrected chi connectivity index (χ0v) is 21.5. The van der Waals surface area contributed by atoms with Crippen LogP contribution in [-0.2, 0) is 0 Å². The van der Waals surface area contributed by atoms with E-state index in [1.165, 1.54) is 16.2 Å². The number of nitrogens with zero attached hydrogens (tertiary/aromatic N) is 2. The summed E-state index contributed by atoms with van der Waals surface area (Å²) in [5.41, 5.74) is 1.17. The smallest absolute Gasteiger partial charge is 0.271 e. The van der Waals surface area contributed by atoms with E-state index < -0.39 is 17.7 Å². The van der Waals surface area contributed by atoms with E-state index in [1.807, 2.05) is 24.3 Å². The molecule has 0 radical (unpaired) electrons. The zero-order chi connectivity index (χ0) is 23.3. The van der Waals surface area contributed by atoms with Gasteiger partial charge in [0.15, 0.2) is 0 Å².